The highest BCUT2D eigenvalue weighted by Crippen LogP contribution is 2.41. The molecule has 0 saturated heterocycles. The second kappa shape index (κ2) is 8.40. The fraction of sp³-hybridized carbons (Fsp3) is 0.0526. The molecule has 0 aliphatic rings. The quantitative estimate of drug-likeness (QED) is 0.430. The third kappa shape index (κ3) is 4.09. The summed E-state index contributed by atoms with van der Waals surface area (Å²) in [5, 5.41) is 12.8. The van der Waals surface area contributed by atoms with Crippen LogP contribution in [-0.4, -0.2) is 9.78 Å². The lowest BCUT2D eigenvalue weighted by Crippen LogP contribution is -2.08. The van der Waals surface area contributed by atoms with Gasteiger partial charge >= 0.3 is 6.18 Å². The number of halogens is 7. The molecule has 2 aromatic carbocycles. The Hall–Kier alpha value is -2.37. The lowest BCUT2D eigenvalue weighted by atomic mass is 10.1. The summed E-state index contributed by atoms with van der Waals surface area (Å²) in [7, 11) is 0. The van der Waals surface area contributed by atoms with Crippen LogP contribution in [0.2, 0.25) is 10.0 Å². The molecule has 1 aromatic heterocycles. The molecule has 0 spiro atoms. The minimum absolute atomic E-state index is 0.0000472. The number of anilines is 1. The summed E-state index contributed by atoms with van der Waals surface area (Å²) in [6, 6.07) is 11.8. The normalized spacial score (nSPS) is 12.5. The molecule has 0 amide bonds. The highest BCUT2D eigenvalue weighted by molar-refractivity contribution is 6.65. The fourth-order valence-electron chi connectivity index (χ4n) is 2.65. The first kappa shape index (κ1) is 22.3. The van der Waals surface area contributed by atoms with Gasteiger partial charge in [-0.2, -0.15) is 23.5 Å². The first-order valence-corrected chi connectivity index (χ1v) is 9.53. The van der Waals surface area contributed by atoms with Gasteiger partial charge in [-0.3, -0.25) is 0 Å². The highest BCUT2D eigenvalue weighted by atomic mass is 35.5. The van der Waals surface area contributed by atoms with E-state index in [4.69, 9.17) is 52.1 Å². The molecule has 0 radical (unpaired) electrons. The molecule has 0 saturated carbocycles. The number of aromatic nitrogens is 2. The number of benzene rings is 2. The predicted octanol–water partition coefficient (Wildman–Crippen LogP) is 6.96. The molecular formula is C19H9Cl4F3N4. The molecule has 30 heavy (non-hydrogen) atoms. The number of nitrogen functional groups attached to an aromatic ring is 1. The summed E-state index contributed by atoms with van der Waals surface area (Å²) in [5.74, 6) is -0.172. The van der Waals surface area contributed by atoms with E-state index in [-0.39, 0.29) is 42.9 Å². The third-order valence-corrected chi connectivity index (χ3v) is 5.48. The molecule has 3 rings (SSSR count). The predicted molar refractivity (Wildman–Crippen MR) is 113 cm³/mol. The smallest absolute Gasteiger partial charge is 0.383 e. The first-order valence-electron chi connectivity index (χ1n) is 8.02. The zero-order chi connectivity index (χ0) is 22.2. The Morgan fingerprint density at radius 2 is 1.60 bits per heavy atom. The van der Waals surface area contributed by atoms with Gasteiger partial charge in [0.05, 0.1) is 31.2 Å². The summed E-state index contributed by atoms with van der Waals surface area (Å²) < 4.78 is 39.9. The maximum Gasteiger partial charge on any atom is 0.416 e. The molecule has 2 N–H and O–H groups in total. The van der Waals surface area contributed by atoms with E-state index in [1.165, 1.54) is 0 Å². The van der Waals surface area contributed by atoms with Crippen molar-refractivity contribution in [2.24, 2.45) is 0 Å². The van der Waals surface area contributed by atoms with Gasteiger partial charge in [-0.15, -0.1) is 0 Å². The molecule has 4 nitrogen and oxygen atoms in total. The fourth-order valence-corrected chi connectivity index (χ4v) is 3.81. The SMILES string of the molecule is N#Cc1nn(-c2c(Cl)cc(C(F)(F)F)cc2Cl)c(N)c1C(Cl)=C(Cl)c1ccccc1. The van der Waals surface area contributed by atoms with Gasteiger partial charge in [0.15, 0.2) is 5.69 Å². The van der Waals surface area contributed by atoms with Gasteiger partial charge < -0.3 is 5.73 Å². The molecule has 0 aliphatic carbocycles. The van der Waals surface area contributed by atoms with Crippen LogP contribution in [0.1, 0.15) is 22.4 Å². The maximum atomic E-state index is 13.0. The second-order valence-electron chi connectivity index (χ2n) is 5.91. The molecule has 1 heterocycles. The molecule has 0 unspecified atom stereocenters. The minimum atomic E-state index is -4.65. The van der Waals surface area contributed by atoms with Crippen LogP contribution >= 0.6 is 46.4 Å². The van der Waals surface area contributed by atoms with Gasteiger partial charge in [0.2, 0.25) is 0 Å². The number of nitriles is 1. The van der Waals surface area contributed by atoms with Crippen molar-refractivity contribution in [3.8, 4) is 11.8 Å². The summed E-state index contributed by atoms with van der Waals surface area (Å²) in [6.07, 6.45) is -4.65. The van der Waals surface area contributed by atoms with Gasteiger partial charge in [0.25, 0.3) is 0 Å². The minimum Gasteiger partial charge on any atom is -0.383 e. The number of alkyl halides is 3. The van der Waals surface area contributed by atoms with Crippen LogP contribution < -0.4 is 5.73 Å². The van der Waals surface area contributed by atoms with Gasteiger partial charge in [-0.05, 0) is 17.7 Å². The Bertz CT molecular complexity index is 1170. The second-order valence-corrected chi connectivity index (χ2v) is 7.48. The van der Waals surface area contributed by atoms with E-state index >= 15 is 0 Å². The van der Waals surface area contributed by atoms with Crippen molar-refractivity contribution in [3.63, 3.8) is 0 Å². The van der Waals surface area contributed by atoms with Crippen molar-refractivity contribution in [2.45, 2.75) is 6.18 Å². The van der Waals surface area contributed by atoms with E-state index in [2.05, 4.69) is 5.10 Å². The highest BCUT2D eigenvalue weighted by Gasteiger charge is 2.33. The Kier molecular flexibility index (Phi) is 6.25. The molecule has 0 aliphatic heterocycles. The van der Waals surface area contributed by atoms with Gasteiger partial charge in [-0.1, -0.05) is 76.7 Å². The number of rotatable bonds is 3. The van der Waals surface area contributed by atoms with Crippen molar-refractivity contribution in [3.05, 3.63) is 74.9 Å². The number of hydrogen-bond acceptors (Lipinski definition) is 3. The van der Waals surface area contributed by atoms with Crippen LogP contribution in [0.5, 0.6) is 0 Å². The number of hydrogen-bond donors (Lipinski definition) is 1. The summed E-state index contributed by atoms with van der Waals surface area (Å²) >= 11 is 24.8. The lowest BCUT2D eigenvalue weighted by molar-refractivity contribution is -0.137. The maximum absolute atomic E-state index is 13.0. The Labute approximate surface area is 188 Å². The molecule has 154 valence electrons. The van der Waals surface area contributed by atoms with E-state index in [9.17, 15) is 18.4 Å². The molecule has 3 aromatic rings. The van der Waals surface area contributed by atoms with E-state index in [0.717, 1.165) is 4.68 Å². The van der Waals surface area contributed by atoms with Crippen LogP contribution in [0.15, 0.2) is 42.5 Å². The largest absolute Gasteiger partial charge is 0.416 e. The number of nitrogens with zero attached hydrogens (tertiary/aromatic N) is 3. The first-order chi connectivity index (χ1) is 14.1. The van der Waals surface area contributed by atoms with Crippen LogP contribution in [0, 0.1) is 11.3 Å². The summed E-state index contributed by atoms with van der Waals surface area (Å²) in [5.41, 5.74) is 5.30. The lowest BCUT2D eigenvalue weighted by Gasteiger charge is -2.13. The Balaban J connectivity index is 2.23. The standard InChI is InChI=1S/C19H9Cl4F3N4/c20-11-6-10(19(24,25)26)7-12(21)17(11)30-18(28)14(13(8-27)29-30)16(23)15(22)9-4-2-1-3-5-9/h1-7H,28H2. The van der Waals surface area contributed by atoms with Gasteiger partial charge in [0, 0.05) is 0 Å². The summed E-state index contributed by atoms with van der Waals surface area (Å²) in [6.45, 7) is 0. The van der Waals surface area contributed by atoms with Crippen LogP contribution in [-0.2, 0) is 6.18 Å². The number of nitrogens with two attached hydrogens (primary N) is 1. The van der Waals surface area contributed by atoms with Crippen molar-refractivity contribution >= 4 is 62.3 Å². The summed E-state index contributed by atoms with van der Waals surface area (Å²) in [4.78, 5) is 0. The molecule has 11 heteroatoms. The Morgan fingerprint density at radius 3 is 2.10 bits per heavy atom. The zero-order valence-corrected chi connectivity index (χ0v) is 17.6. The van der Waals surface area contributed by atoms with E-state index in [0.29, 0.717) is 17.7 Å². The van der Waals surface area contributed by atoms with E-state index in [1.54, 1.807) is 30.3 Å². The van der Waals surface area contributed by atoms with Crippen LogP contribution in [0.3, 0.4) is 0 Å². The topological polar surface area (TPSA) is 67.6 Å². The Morgan fingerprint density at radius 1 is 1.03 bits per heavy atom. The van der Waals surface area contributed by atoms with Gasteiger partial charge in [0.1, 0.15) is 17.6 Å². The van der Waals surface area contributed by atoms with Crippen molar-refractivity contribution < 1.29 is 13.2 Å². The molecule has 0 atom stereocenters. The average Bonchev–Trinajstić information content (AvgIpc) is 3.02. The van der Waals surface area contributed by atoms with E-state index in [1.807, 2.05) is 6.07 Å². The van der Waals surface area contributed by atoms with Crippen molar-refractivity contribution in [1.82, 2.24) is 9.78 Å². The van der Waals surface area contributed by atoms with Crippen molar-refractivity contribution in [2.75, 3.05) is 5.73 Å². The van der Waals surface area contributed by atoms with Crippen LogP contribution in [0.4, 0.5) is 19.0 Å². The third-order valence-electron chi connectivity index (χ3n) is 4.02. The molecular weight excluding hydrogens is 483 g/mol. The zero-order valence-electron chi connectivity index (χ0n) is 14.6. The van der Waals surface area contributed by atoms with E-state index < -0.39 is 11.7 Å². The monoisotopic (exact) mass is 490 g/mol. The van der Waals surface area contributed by atoms with Gasteiger partial charge in [-0.25, -0.2) is 4.68 Å². The van der Waals surface area contributed by atoms with Crippen molar-refractivity contribution in [1.29, 1.82) is 5.26 Å². The molecule has 0 fully saturated rings. The van der Waals surface area contributed by atoms with Crippen LogP contribution in [0.25, 0.3) is 15.8 Å². The molecule has 0 bridgehead atoms. The average molecular weight is 492 g/mol.